The third-order valence-corrected chi connectivity index (χ3v) is 5.84. The van der Waals surface area contributed by atoms with Crippen molar-refractivity contribution in [1.29, 1.82) is 0 Å². The van der Waals surface area contributed by atoms with Gasteiger partial charge < -0.3 is 14.8 Å². The van der Waals surface area contributed by atoms with Crippen LogP contribution < -0.4 is 20.2 Å². The van der Waals surface area contributed by atoms with Crippen LogP contribution in [0.15, 0.2) is 52.0 Å². The van der Waals surface area contributed by atoms with Crippen molar-refractivity contribution >= 4 is 39.9 Å². The molecule has 194 valence electrons. The van der Waals surface area contributed by atoms with E-state index in [1.54, 1.807) is 49.6 Å². The molecule has 0 aliphatic carbocycles. The number of benzene rings is 2. The normalized spacial score (nSPS) is 10.8. The second-order valence-electron chi connectivity index (χ2n) is 8.24. The fourth-order valence-corrected chi connectivity index (χ4v) is 3.70. The first-order chi connectivity index (χ1) is 17.4. The first-order valence-corrected chi connectivity index (χ1v) is 13.0. The molecule has 0 saturated heterocycles. The largest absolute Gasteiger partial charge is 0.497 e. The Kier molecular flexibility index (Phi) is 13.3. The molecule has 0 bridgehead atoms. The molecule has 0 heterocycles. The molecule has 0 fully saturated rings. The first kappa shape index (κ1) is 29.0. The van der Waals surface area contributed by atoms with E-state index < -0.39 is 11.9 Å². The highest BCUT2D eigenvalue weighted by Gasteiger charge is 2.12. The third-order valence-electron chi connectivity index (χ3n) is 5.35. The van der Waals surface area contributed by atoms with Gasteiger partial charge in [-0.2, -0.15) is 5.10 Å². The number of amides is 2. The molecular formula is C27H34BrN3O5. The molecular weight excluding hydrogens is 526 g/mol. The summed E-state index contributed by atoms with van der Waals surface area (Å²) in [4.78, 5) is 36.5. The van der Waals surface area contributed by atoms with Gasteiger partial charge in [0.2, 0.25) is 5.91 Å². The molecule has 0 aliphatic heterocycles. The Morgan fingerprint density at radius 2 is 1.64 bits per heavy atom. The molecule has 0 aromatic heterocycles. The van der Waals surface area contributed by atoms with Gasteiger partial charge in [0.25, 0.3) is 5.91 Å². The summed E-state index contributed by atoms with van der Waals surface area (Å²) >= 11 is 3.38. The van der Waals surface area contributed by atoms with E-state index in [2.05, 4.69) is 38.7 Å². The van der Waals surface area contributed by atoms with Gasteiger partial charge in [-0.15, -0.1) is 0 Å². The van der Waals surface area contributed by atoms with Crippen LogP contribution in [-0.4, -0.2) is 37.7 Å². The number of carbonyl (C=O) groups is 3. The second-order valence-corrected chi connectivity index (χ2v) is 9.16. The van der Waals surface area contributed by atoms with Crippen molar-refractivity contribution in [3.8, 4) is 11.5 Å². The van der Waals surface area contributed by atoms with Crippen LogP contribution >= 0.6 is 15.9 Å². The fourth-order valence-electron chi connectivity index (χ4n) is 3.32. The van der Waals surface area contributed by atoms with Crippen LogP contribution in [0.3, 0.4) is 0 Å². The number of hydrazone groups is 1. The summed E-state index contributed by atoms with van der Waals surface area (Å²) in [6.45, 7) is 2.02. The van der Waals surface area contributed by atoms with Crippen LogP contribution in [0.1, 0.15) is 74.2 Å². The van der Waals surface area contributed by atoms with E-state index in [0.29, 0.717) is 23.3 Å². The number of esters is 1. The predicted octanol–water partition coefficient (Wildman–Crippen LogP) is 5.38. The zero-order valence-electron chi connectivity index (χ0n) is 20.8. The van der Waals surface area contributed by atoms with Crippen molar-refractivity contribution in [2.45, 2.75) is 58.3 Å². The highest BCUT2D eigenvalue weighted by Crippen LogP contribution is 2.23. The summed E-state index contributed by atoms with van der Waals surface area (Å²) in [5.41, 5.74) is 3.22. The van der Waals surface area contributed by atoms with Crippen LogP contribution in [0.25, 0.3) is 0 Å². The van der Waals surface area contributed by atoms with Gasteiger partial charge in [-0.25, -0.2) is 10.2 Å². The molecule has 2 aromatic rings. The van der Waals surface area contributed by atoms with E-state index in [4.69, 9.17) is 9.47 Å². The maximum Gasteiger partial charge on any atom is 0.343 e. The molecule has 2 aromatic carbocycles. The Bertz CT molecular complexity index is 1020. The number of halogens is 1. The van der Waals surface area contributed by atoms with Crippen LogP contribution in [0.4, 0.5) is 0 Å². The molecule has 2 rings (SSSR count). The number of rotatable bonds is 15. The lowest BCUT2D eigenvalue weighted by atomic mass is 10.1. The quantitative estimate of drug-likeness (QED) is 0.100. The van der Waals surface area contributed by atoms with Gasteiger partial charge in [-0.05, 0) is 48.9 Å². The van der Waals surface area contributed by atoms with Crippen LogP contribution in [0, 0.1) is 0 Å². The first-order valence-electron chi connectivity index (χ1n) is 12.2. The Morgan fingerprint density at radius 1 is 0.944 bits per heavy atom. The molecule has 0 unspecified atom stereocenters. The van der Waals surface area contributed by atoms with Gasteiger partial charge in [0, 0.05) is 16.5 Å². The predicted molar refractivity (Wildman–Crippen MR) is 143 cm³/mol. The summed E-state index contributed by atoms with van der Waals surface area (Å²) in [5, 5.41) is 6.53. The smallest absolute Gasteiger partial charge is 0.343 e. The number of hydrogen-bond donors (Lipinski definition) is 2. The molecule has 0 aliphatic rings. The molecule has 2 N–H and O–H groups in total. The molecule has 8 nitrogen and oxygen atoms in total. The summed E-state index contributed by atoms with van der Waals surface area (Å²) < 4.78 is 11.4. The van der Waals surface area contributed by atoms with Gasteiger partial charge in [-0.1, -0.05) is 61.4 Å². The van der Waals surface area contributed by atoms with Crippen molar-refractivity contribution < 1.29 is 23.9 Å². The number of ether oxygens (including phenoxy) is 2. The lowest BCUT2D eigenvalue weighted by molar-refractivity contribution is -0.126. The number of nitrogens with zero attached hydrogens (tertiary/aromatic N) is 1. The minimum absolute atomic E-state index is 0.151. The Hall–Kier alpha value is -3.20. The van der Waals surface area contributed by atoms with Crippen LogP contribution in [0.5, 0.6) is 11.5 Å². The van der Waals surface area contributed by atoms with Gasteiger partial charge in [0.15, 0.2) is 0 Å². The van der Waals surface area contributed by atoms with Crippen molar-refractivity contribution in [2.24, 2.45) is 5.10 Å². The molecule has 0 saturated carbocycles. The third kappa shape index (κ3) is 11.0. The van der Waals surface area contributed by atoms with Crippen molar-refractivity contribution in [2.75, 3.05) is 13.7 Å². The monoisotopic (exact) mass is 559 g/mol. The van der Waals surface area contributed by atoms with Gasteiger partial charge in [-0.3, -0.25) is 9.59 Å². The van der Waals surface area contributed by atoms with Crippen LogP contribution in [-0.2, 0) is 9.59 Å². The van der Waals surface area contributed by atoms with E-state index in [-0.39, 0.29) is 18.2 Å². The fraction of sp³-hybridized carbons (Fsp3) is 0.407. The second kappa shape index (κ2) is 16.5. The van der Waals surface area contributed by atoms with Crippen molar-refractivity contribution in [3.05, 3.63) is 58.1 Å². The number of unbranched alkanes of at least 4 members (excludes halogenated alkanes) is 6. The highest BCUT2D eigenvalue weighted by atomic mass is 79.9. The minimum Gasteiger partial charge on any atom is -0.497 e. The lowest BCUT2D eigenvalue weighted by Crippen LogP contribution is -2.34. The summed E-state index contributed by atoms with van der Waals surface area (Å²) in [6.07, 6.45) is 9.68. The average Bonchev–Trinajstić information content (AvgIpc) is 2.88. The maximum absolute atomic E-state index is 12.5. The van der Waals surface area contributed by atoms with E-state index in [0.717, 1.165) is 23.7 Å². The van der Waals surface area contributed by atoms with E-state index in [1.807, 2.05) is 0 Å². The lowest BCUT2D eigenvalue weighted by Gasteiger charge is -2.09. The average molecular weight is 560 g/mol. The number of nitrogens with one attached hydrogen (secondary N) is 2. The molecule has 0 atom stereocenters. The highest BCUT2D eigenvalue weighted by molar-refractivity contribution is 9.10. The minimum atomic E-state index is -0.540. The zero-order chi connectivity index (χ0) is 26.2. The maximum atomic E-state index is 12.5. The number of methoxy groups -OCH3 is 1. The molecule has 36 heavy (non-hydrogen) atoms. The van der Waals surface area contributed by atoms with E-state index in [9.17, 15) is 14.4 Å². The molecule has 0 spiro atoms. The Morgan fingerprint density at radius 3 is 2.33 bits per heavy atom. The van der Waals surface area contributed by atoms with Gasteiger partial charge >= 0.3 is 5.97 Å². The van der Waals surface area contributed by atoms with E-state index >= 15 is 0 Å². The Balaban J connectivity index is 1.79. The number of hydrogen-bond acceptors (Lipinski definition) is 6. The van der Waals surface area contributed by atoms with Crippen molar-refractivity contribution in [1.82, 2.24) is 10.7 Å². The summed E-state index contributed by atoms with van der Waals surface area (Å²) in [7, 11) is 1.55. The van der Waals surface area contributed by atoms with Gasteiger partial charge in [0.05, 0.1) is 25.4 Å². The topological polar surface area (TPSA) is 106 Å². The van der Waals surface area contributed by atoms with E-state index in [1.165, 1.54) is 31.9 Å². The summed E-state index contributed by atoms with van der Waals surface area (Å²) in [6, 6.07) is 11.6. The van der Waals surface area contributed by atoms with Crippen molar-refractivity contribution in [3.63, 3.8) is 0 Å². The zero-order valence-corrected chi connectivity index (χ0v) is 22.4. The number of carbonyl (C=O) groups excluding carboxylic acids is 3. The summed E-state index contributed by atoms with van der Waals surface area (Å²) in [5.74, 6) is -0.233. The molecule has 0 radical (unpaired) electrons. The SMILES string of the molecule is CCCCCCCCCC(=O)NCC(=O)N/N=C\c1cc(Br)ccc1OC(=O)c1ccc(OC)cc1. The Labute approximate surface area is 221 Å². The van der Waals surface area contributed by atoms with Gasteiger partial charge in [0.1, 0.15) is 11.5 Å². The molecule has 9 heteroatoms. The van der Waals surface area contributed by atoms with Crippen LogP contribution in [0.2, 0.25) is 0 Å². The standard InChI is InChI=1S/C27H34BrN3O5/c1-3-4-5-6-7-8-9-10-25(32)29-19-26(33)31-30-18-21-17-22(28)13-16-24(21)36-27(34)20-11-14-23(35-2)15-12-20/h11-18H,3-10,19H2,1-2H3,(H,29,32)(H,31,33)/b30-18-. The molecule has 2 amide bonds.